The first kappa shape index (κ1) is 17.3. The van der Waals surface area contributed by atoms with Crippen molar-refractivity contribution in [3.8, 4) is 5.88 Å². The third kappa shape index (κ3) is 5.60. The molecule has 0 unspecified atom stereocenters. The fourth-order valence-electron chi connectivity index (χ4n) is 1.92. The number of aromatic nitrogens is 1. The number of nitrogens with one attached hydrogen (secondary N) is 3. The van der Waals surface area contributed by atoms with Crippen molar-refractivity contribution in [2.24, 2.45) is 0 Å². The van der Waals surface area contributed by atoms with E-state index in [4.69, 9.17) is 4.74 Å². The number of amides is 3. The van der Waals surface area contributed by atoms with Gasteiger partial charge >= 0.3 is 6.03 Å². The highest BCUT2D eigenvalue weighted by molar-refractivity contribution is 5.94. The zero-order valence-corrected chi connectivity index (χ0v) is 13.4. The lowest BCUT2D eigenvalue weighted by molar-refractivity contribution is 0.0954. The van der Waals surface area contributed by atoms with Crippen LogP contribution in [0.2, 0.25) is 0 Å². The average Bonchev–Trinajstić information content (AvgIpc) is 2.64. The Morgan fingerprint density at radius 3 is 2.42 bits per heavy atom. The van der Waals surface area contributed by atoms with Crippen LogP contribution in [0.15, 0.2) is 48.7 Å². The Morgan fingerprint density at radius 1 is 1.00 bits per heavy atom. The van der Waals surface area contributed by atoms with Crippen LogP contribution in [-0.4, -0.2) is 37.1 Å². The highest BCUT2D eigenvalue weighted by Gasteiger charge is 2.04. The van der Waals surface area contributed by atoms with Gasteiger partial charge in [-0.25, -0.2) is 9.78 Å². The number of nitrogens with zero attached hydrogens (tertiary/aromatic N) is 1. The fourth-order valence-corrected chi connectivity index (χ4v) is 1.92. The summed E-state index contributed by atoms with van der Waals surface area (Å²) in [6, 6.07) is 12.2. The van der Waals surface area contributed by atoms with Crippen molar-refractivity contribution in [3.05, 3.63) is 59.8 Å². The predicted molar refractivity (Wildman–Crippen MR) is 89.8 cm³/mol. The van der Waals surface area contributed by atoms with E-state index in [1.54, 1.807) is 43.6 Å². The van der Waals surface area contributed by atoms with Gasteiger partial charge in [-0.1, -0.05) is 24.3 Å². The van der Waals surface area contributed by atoms with Gasteiger partial charge in [-0.15, -0.1) is 0 Å². The fraction of sp³-hybridized carbons (Fsp3) is 0.235. The molecule has 126 valence electrons. The van der Waals surface area contributed by atoms with Gasteiger partial charge in [0, 0.05) is 37.5 Å². The Hall–Kier alpha value is -3.09. The molecule has 1 aromatic heterocycles. The molecule has 0 saturated carbocycles. The largest absolute Gasteiger partial charge is 0.481 e. The number of benzene rings is 1. The number of ether oxygens (including phenoxy) is 1. The van der Waals surface area contributed by atoms with Crippen LogP contribution in [0.1, 0.15) is 15.9 Å². The highest BCUT2D eigenvalue weighted by Crippen LogP contribution is 2.05. The molecule has 3 N–H and O–H groups in total. The third-order valence-corrected chi connectivity index (χ3v) is 3.19. The normalized spacial score (nSPS) is 9.88. The number of urea groups is 1. The summed E-state index contributed by atoms with van der Waals surface area (Å²) in [5.41, 5.74) is 1.46. The van der Waals surface area contributed by atoms with E-state index in [2.05, 4.69) is 20.9 Å². The minimum atomic E-state index is -0.306. The lowest BCUT2D eigenvalue weighted by Crippen LogP contribution is -2.40. The van der Waals surface area contributed by atoms with Gasteiger partial charge in [-0.2, -0.15) is 0 Å². The summed E-state index contributed by atoms with van der Waals surface area (Å²) in [5, 5.41) is 8.12. The number of hydrogen-bond donors (Lipinski definition) is 3. The van der Waals surface area contributed by atoms with Crippen LogP contribution in [0.5, 0.6) is 5.88 Å². The smallest absolute Gasteiger partial charge is 0.315 e. The van der Waals surface area contributed by atoms with Gasteiger partial charge in [0.2, 0.25) is 5.88 Å². The highest BCUT2D eigenvalue weighted by atomic mass is 16.5. The second-order valence-electron chi connectivity index (χ2n) is 4.94. The molecule has 0 aliphatic carbocycles. The predicted octanol–water partition coefficient (Wildman–Crippen LogP) is 1.32. The quantitative estimate of drug-likeness (QED) is 0.668. The van der Waals surface area contributed by atoms with Crippen molar-refractivity contribution in [3.63, 3.8) is 0 Å². The Bertz CT molecular complexity index is 659. The van der Waals surface area contributed by atoms with Crippen LogP contribution < -0.4 is 20.7 Å². The topological polar surface area (TPSA) is 92.4 Å². The summed E-state index contributed by atoms with van der Waals surface area (Å²) < 4.78 is 4.97. The van der Waals surface area contributed by atoms with E-state index in [-0.39, 0.29) is 11.9 Å². The molecule has 0 bridgehead atoms. The summed E-state index contributed by atoms with van der Waals surface area (Å²) >= 11 is 0. The zero-order valence-electron chi connectivity index (χ0n) is 13.4. The number of carbonyl (C=O) groups excluding carboxylic acids is 2. The van der Waals surface area contributed by atoms with Crippen LogP contribution in [0, 0.1) is 0 Å². The third-order valence-electron chi connectivity index (χ3n) is 3.19. The molecule has 1 heterocycles. The number of methoxy groups -OCH3 is 1. The molecule has 0 atom stereocenters. The Kier molecular flexibility index (Phi) is 6.58. The maximum Gasteiger partial charge on any atom is 0.315 e. The molecule has 0 saturated heterocycles. The van der Waals surface area contributed by atoms with Gasteiger partial charge < -0.3 is 20.7 Å². The Balaban J connectivity index is 1.62. The van der Waals surface area contributed by atoms with Crippen LogP contribution in [-0.2, 0) is 6.54 Å². The van der Waals surface area contributed by atoms with E-state index in [0.717, 1.165) is 5.56 Å². The second kappa shape index (κ2) is 9.14. The standard InChI is InChI=1S/C17H20N4O3/c1-24-15-8-7-13(11-20-15)12-21-17(23)19-10-9-18-16(22)14-5-3-2-4-6-14/h2-8,11H,9-10,12H2,1H3,(H,18,22)(H2,19,21,23). The average molecular weight is 328 g/mol. The van der Waals surface area contributed by atoms with Crippen LogP contribution in [0.4, 0.5) is 4.79 Å². The lowest BCUT2D eigenvalue weighted by Gasteiger charge is -2.09. The van der Waals surface area contributed by atoms with E-state index in [1.807, 2.05) is 12.1 Å². The van der Waals surface area contributed by atoms with Crippen LogP contribution >= 0.6 is 0 Å². The maximum absolute atomic E-state index is 11.8. The SMILES string of the molecule is COc1ccc(CNC(=O)NCCNC(=O)c2ccccc2)cn1. The molecule has 0 radical (unpaired) electrons. The molecular formula is C17H20N4O3. The molecular weight excluding hydrogens is 308 g/mol. The van der Waals surface area contributed by atoms with Gasteiger partial charge in [0.25, 0.3) is 5.91 Å². The maximum atomic E-state index is 11.8. The van der Waals surface area contributed by atoms with E-state index in [9.17, 15) is 9.59 Å². The minimum absolute atomic E-state index is 0.165. The number of rotatable bonds is 7. The van der Waals surface area contributed by atoms with Gasteiger partial charge in [-0.05, 0) is 17.7 Å². The molecule has 0 fully saturated rings. The molecule has 0 aliphatic heterocycles. The van der Waals surface area contributed by atoms with Crippen molar-refractivity contribution in [1.82, 2.24) is 20.9 Å². The molecule has 0 aliphatic rings. The van der Waals surface area contributed by atoms with Crippen LogP contribution in [0.3, 0.4) is 0 Å². The van der Waals surface area contributed by atoms with E-state index in [1.165, 1.54) is 0 Å². The second-order valence-corrected chi connectivity index (χ2v) is 4.94. The molecule has 3 amide bonds. The van der Waals surface area contributed by atoms with Crippen molar-refractivity contribution in [1.29, 1.82) is 0 Å². The van der Waals surface area contributed by atoms with Gasteiger partial charge in [-0.3, -0.25) is 4.79 Å². The summed E-state index contributed by atoms with van der Waals surface area (Å²) in [4.78, 5) is 27.5. The first-order valence-electron chi connectivity index (χ1n) is 7.53. The van der Waals surface area contributed by atoms with Crippen molar-refractivity contribution < 1.29 is 14.3 Å². The first-order valence-corrected chi connectivity index (χ1v) is 7.53. The zero-order chi connectivity index (χ0) is 17.2. The van der Waals surface area contributed by atoms with Gasteiger partial charge in [0.1, 0.15) is 0 Å². The molecule has 1 aromatic carbocycles. The van der Waals surface area contributed by atoms with E-state index < -0.39 is 0 Å². The van der Waals surface area contributed by atoms with Crippen molar-refractivity contribution in [2.45, 2.75) is 6.54 Å². The number of hydrogen-bond acceptors (Lipinski definition) is 4. The van der Waals surface area contributed by atoms with Gasteiger partial charge in [0.05, 0.1) is 7.11 Å². The molecule has 0 spiro atoms. The van der Waals surface area contributed by atoms with Crippen molar-refractivity contribution in [2.75, 3.05) is 20.2 Å². The monoisotopic (exact) mass is 328 g/mol. The molecule has 2 aromatic rings. The van der Waals surface area contributed by atoms with Crippen molar-refractivity contribution >= 4 is 11.9 Å². The molecule has 7 heteroatoms. The summed E-state index contributed by atoms with van der Waals surface area (Å²) in [6.45, 7) is 1.05. The molecule has 2 rings (SSSR count). The van der Waals surface area contributed by atoms with E-state index >= 15 is 0 Å². The van der Waals surface area contributed by atoms with E-state index in [0.29, 0.717) is 31.1 Å². The Morgan fingerprint density at radius 2 is 1.75 bits per heavy atom. The summed E-state index contributed by atoms with van der Waals surface area (Å²) in [6.07, 6.45) is 1.64. The van der Waals surface area contributed by atoms with Gasteiger partial charge in [0.15, 0.2) is 0 Å². The summed E-state index contributed by atoms with van der Waals surface area (Å²) in [5.74, 6) is 0.361. The first-order chi connectivity index (χ1) is 11.7. The number of pyridine rings is 1. The lowest BCUT2D eigenvalue weighted by atomic mass is 10.2. The number of carbonyl (C=O) groups is 2. The summed E-state index contributed by atoms with van der Waals surface area (Å²) in [7, 11) is 1.55. The minimum Gasteiger partial charge on any atom is -0.481 e. The van der Waals surface area contributed by atoms with Crippen LogP contribution in [0.25, 0.3) is 0 Å². The Labute approximate surface area is 140 Å². The molecule has 24 heavy (non-hydrogen) atoms. The molecule has 7 nitrogen and oxygen atoms in total.